The number of carbonyl (C=O) groups is 2. The SMILES string of the molecule is CCOC(=O)C[C@H]1C(OCC)O[C@H](C(C)=O)[C@@H]1OCc1ccccc1. The molecule has 1 aliphatic heterocycles. The summed E-state index contributed by atoms with van der Waals surface area (Å²) < 4.78 is 22.4. The maximum atomic E-state index is 12.0. The van der Waals surface area contributed by atoms with E-state index in [-0.39, 0.29) is 18.2 Å². The first kappa shape index (κ1) is 19.6. The van der Waals surface area contributed by atoms with Crippen LogP contribution in [0.5, 0.6) is 0 Å². The predicted octanol–water partition coefficient (Wildman–Crippen LogP) is 2.49. The molecular weight excluding hydrogens is 324 g/mol. The van der Waals surface area contributed by atoms with Gasteiger partial charge in [0, 0.05) is 12.5 Å². The van der Waals surface area contributed by atoms with Crippen molar-refractivity contribution in [2.24, 2.45) is 5.92 Å². The molecule has 0 saturated carbocycles. The molecule has 0 spiro atoms. The maximum Gasteiger partial charge on any atom is 0.306 e. The van der Waals surface area contributed by atoms with Gasteiger partial charge in [-0.25, -0.2) is 0 Å². The van der Waals surface area contributed by atoms with Crippen molar-refractivity contribution >= 4 is 11.8 Å². The maximum absolute atomic E-state index is 12.0. The highest BCUT2D eigenvalue weighted by atomic mass is 16.7. The minimum atomic E-state index is -0.750. The first-order chi connectivity index (χ1) is 12.1. The van der Waals surface area contributed by atoms with E-state index in [2.05, 4.69) is 0 Å². The van der Waals surface area contributed by atoms with Crippen LogP contribution in [0.15, 0.2) is 30.3 Å². The molecule has 4 atom stereocenters. The summed E-state index contributed by atoms with van der Waals surface area (Å²) in [6.07, 6.45) is -1.88. The Labute approximate surface area is 148 Å². The molecule has 1 unspecified atom stereocenters. The van der Waals surface area contributed by atoms with Gasteiger partial charge in [-0.1, -0.05) is 30.3 Å². The lowest BCUT2D eigenvalue weighted by Crippen LogP contribution is -2.36. The summed E-state index contributed by atoms with van der Waals surface area (Å²) in [6, 6.07) is 9.66. The molecule has 1 saturated heterocycles. The molecule has 1 aliphatic rings. The molecule has 0 N–H and O–H groups in total. The van der Waals surface area contributed by atoms with Crippen molar-refractivity contribution < 1.29 is 28.5 Å². The lowest BCUT2D eigenvalue weighted by atomic mass is 9.95. The molecule has 6 heteroatoms. The molecule has 1 aromatic rings. The molecule has 2 rings (SSSR count). The van der Waals surface area contributed by atoms with Gasteiger partial charge >= 0.3 is 5.97 Å². The summed E-state index contributed by atoms with van der Waals surface area (Å²) in [5.41, 5.74) is 0.986. The number of ketones is 1. The topological polar surface area (TPSA) is 71.1 Å². The summed E-state index contributed by atoms with van der Waals surface area (Å²) in [5, 5.41) is 0. The number of ether oxygens (including phenoxy) is 4. The van der Waals surface area contributed by atoms with Crippen LogP contribution >= 0.6 is 0 Å². The van der Waals surface area contributed by atoms with Gasteiger partial charge in [-0.05, 0) is 26.3 Å². The third-order valence-electron chi connectivity index (χ3n) is 4.08. The van der Waals surface area contributed by atoms with E-state index in [1.807, 2.05) is 37.3 Å². The Morgan fingerprint density at radius 1 is 1.08 bits per heavy atom. The van der Waals surface area contributed by atoms with Crippen molar-refractivity contribution in [2.45, 2.75) is 52.3 Å². The minimum Gasteiger partial charge on any atom is -0.466 e. The van der Waals surface area contributed by atoms with Gasteiger partial charge in [0.1, 0.15) is 6.10 Å². The van der Waals surface area contributed by atoms with E-state index in [0.29, 0.717) is 19.8 Å². The van der Waals surface area contributed by atoms with Gasteiger partial charge < -0.3 is 18.9 Å². The molecule has 1 fully saturated rings. The lowest BCUT2D eigenvalue weighted by Gasteiger charge is -2.23. The molecule has 25 heavy (non-hydrogen) atoms. The van der Waals surface area contributed by atoms with E-state index >= 15 is 0 Å². The second-order valence-corrected chi connectivity index (χ2v) is 5.93. The predicted molar refractivity (Wildman–Crippen MR) is 90.7 cm³/mol. The van der Waals surface area contributed by atoms with Crippen LogP contribution in [0.1, 0.15) is 32.8 Å². The van der Waals surface area contributed by atoms with Crippen LogP contribution < -0.4 is 0 Å². The Kier molecular flexibility index (Phi) is 7.55. The summed E-state index contributed by atoms with van der Waals surface area (Å²) in [6.45, 7) is 6.10. The van der Waals surface area contributed by atoms with Crippen LogP contribution in [0, 0.1) is 5.92 Å². The number of Topliss-reactive ketones (excluding diaryl/α,β-unsaturated/α-hetero) is 1. The lowest BCUT2D eigenvalue weighted by molar-refractivity contribution is -0.164. The Bertz CT molecular complexity index is 558. The summed E-state index contributed by atoms with van der Waals surface area (Å²) >= 11 is 0. The molecule has 6 nitrogen and oxygen atoms in total. The fraction of sp³-hybridized carbons (Fsp3) is 0.579. The van der Waals surface area contributed by atoms with Crippen molar-refractivity contribution in [1.29, 1.82) is 0 Å². The third-order valence-corrected chi connectivity index (χ3v) is 4.08. The smallest absolute Gasteiger partial charge is 0.306 e. The van der Waals surface area contributed by atoms with Gasteiger partial charge in [0.25, 0.3) is 0 Å². The summed E-state index contributed by atoms with van der Waals surface area (Å²) in [4.78, 5) is 24.0. The highest BCUT2D eigenvalue weighted by molar-refractivity contribution is 5.81. The molecule has 0 amide bonds. The van der Waals surface area contributed by atoms with Gasteiger partial charge in [0.05, 0.1) is 25.7 Å². The molecule has 0 aliphatic carbocycles. The monoisotopic (exact) mass is 350 g/mol. The zero-order chi connectivity index (χ0) is 18.2. The third kappa shape index (κ3) is 5.36. The second-order valence-electron chi connectivity index (χ2n) is 5.93. The molecule has 0 bridgehead atoms. The number of hydrogen-bond acceptors (Lipinski definition) is 6. The van der Waals surface area contributed by atoms with Gasteiger partial charge in [-0.15, -0.1) is 0 Å². The van der Waals surface area contributed by atoms with Crippen LogP contribution in [-0.4, -0.2) is 43.5 Å². The molecule has 138 valence electrons. The minimum absolute atomic E-state index is 0.0851. The van der Waals surface area contributed by atoms with Crippen molar-refractivity contribution in [2.75, 3.05) is 13.2 Å². The average Bonchev–Trinajstić information content (AvgIpc) is 2.92. The fourth-order valence-electron chi connectivity index (χ4n) is 2.96. The summed E-state index contributed by atoms with van der Waals surface area (Å²) in [5.74, 6) is -0.885. The number of esters is 1. The quantitative estimate of drug-likeness (QED) is 0.637. The number of benzene rings is 1. The number of rotatable bonds is 9. The Hall–Kier alpha value is -1.76. The molecule has 0 aromatic heterocycles. The largest absolute Gasteiger partial charge is 0.466 e. The highest BCUT2D eigenvalue weighted by Crippen LogP contribution is 2.34. The normalized spacial score (nSPS) is 25.7. The van der Waals surface area contributed by atoms with E-state index in [1.54, 1.807) is 6.92 Å². The van der Waals surface area contributed by atoms with Crippen LogP contribution in [-0.2, 0) is 35.1 Å². The summed E-state index contributed by atoms with van der Waals surface area (Å²) in [7, 11) is 0. The van der Waals surface area contributed by atoms with Crippen molar-refractivity contribution in [3.63, 3.8) is 0 Å². The van der Waals surface area contributed by atoms with E-state index in [1.165, 1.54) is 6.92 Å². The molecule has 1 heterocycles. The van der Waals surface area contributed by atoms with Gasteiger partial charge in [-0.3, -0.25) is 9.59 Å². The van der Waals surface area contributed by atoms with E-state index in [0.717, 1.165) is 5.56 Å². The first-order valence-electron chi connectivity index (χ1n) is 8.65. The highest BCUT2D eigenvalue weighted by Gasteiger charge is 2.48. The second kappa shape index (κ2) is 9.65. The zero-order valence-corrected chi connectivity index (χ0v) is 15.0. The number of hydrogen-bond donors (Lipinski definition) is 0. The van der Waals surface area contributed by atoms with Crippen LogP contribution in [0.2, 0.25) is 0 Å². The van der Waals surface area contributed by atoms with Gasteiger partial charge in [0.15, 0.2) is 12.1 Å². The Morgan fingerprint density at radius 2 is 1.80 bits per heavy atom. The van der Waals surface area contributed by atoms with Gasteiger partial charge in [-0.2, -0.15) is 0 Å². The zero-order valence-electron chi connectivity index (χ0n) is 15.0. The fourth-order valence-corrected chi connectivity index (χ4v) is 2.96. The van der Waals surface area contributed by atoms with Crippen molar-refractivity contribution in [1.82, 2.24) is 0 Å². The average molecular weight is 350 g/mol. The van der Waals surface area contributed by atoms with Crippen LogP contribution in [0.4, 0.5) is 0 Å². The van der Waals surface area contributed by atoms with Crippen molar-refractivity contribution in [3.8, 4) is 0 Å². The van der Waals surface area contributed by atoms with E-state index in [4.69, 9.17) is 18.9 Å². The van der Waals surface area contributed by atoms with Crippen LogP contribution in [0.25, 0.3) is 0 Å². The Morgan fingerprint density at radius 3 is 2.40 bits per heavy atom. The van der Waals surface area contributed by atoms with E-state index < -0.39 is 24.4 Å². The van der Waals surface area contributed by atoms with E-state index in [9.17, 15) is 9.59 Å². The van der Waals surface area contributed by atoms with Crippen LogP contribution in [0.3, 0.4) is 0 Å². The molecule has 0 radical (unpaired) electrons. The number of carbonyl (C=O) groups excluding carboxylic acids is 2. The Balaban J connectivity index is 2.14. The standard InChI is InChI=1S/C19H26O6/c1-4-22-16(21)11-15-18(24-12-14-9-7-6-8-10-14)17(13(3)20)25-19(15)23-5-2/h6-10,15,17-19H,4-5,11-12H2,1-3H3/t15-,17-,18-,19?/m1/s1. The molecule has 1 aromatic carbocycles. The van der Waals surface area contributed by atoms with Gasteiger partial charge in [0.2, 0.25) is 0 Å². The van der Waals surface area contributed by atoms with Crippen molar-refractivity contribution in [3.05, 3.63) is 35.9 Å². The molecular formula is C19H26O6. The first-order valence-corrected chi connectivity index (χ1v) is 8.65.